The highest BCUT2D eigenvalue weighted by atomic mass is 32.1. The molecule has 2 heterocycles. The number of carbonyl (C=O) groups is 2. The van der Waals surface area contributed by atoms with Crippen molar-refractivity contribution in [1.29, 1.82) is 0 Å². The van der Waals surface area contributed by atoms with Crippen LogP contribution in [-0.4, -0.2) is 86.4 Å². The van der Waals surface area contributed by atoms with Crippen molar-refractivity contribution in [2.45, 2.75) is 55.4 Å². The Labute approximate surface area is 178 Å². The van der Waals surface area contributed by atoms with E-state index in [9.17, 15) is 24.9 Å². The lowest BCUT2D eigenvalue weighted by Gasteiger charge is -2.38. The number of thiol groups is 1. The number of hydrogen-bond donors (Lipinski definition) is 5. The van der Waals surface area contributed by atoms with Gasteiger partial charge in [0.25, 0.3) is 0 Å². The Morgan fingerprint density at radius 1 is 1.07 bits per heavy atom. The minimum atomic E-state index is -1.78. The van der Waals surface area contributed by atoms with Crippen LogP contribution in [0.2, 0.25) is 0 Å². The molecule has 0 saturated carbocycles. The number of amides is 1. The van der Waals surface area contributed by atoms with Gasteiger partial charge in [-0.05, 0) is 30.5 Å². The molecule has 11 heteroatoms. The molecule has 0 aliphatic carbocycles. The second-order valence-electron chi connectivity index (χ2n) is 7.27. The van der Waals surface area contributed by atoms with Crippen LogP contribution < -0.4 is 4.74 Å². The number of aliphatic hydroxyl groups is 3. The highest BCUT2D eigenvalue weighted by molar-refractivity contribution is 7.80. The Balaban J connectivity index is 1.52. The first-order chi connectivity index (χ1) is 14.3. The Morgan fingerprint density at radius 3 is 2.30 bits per heavy atom. The van der Waals surface area contributed by atoms with Crippen molar-refractivity contribution in [1.82, 2.24) is 4.90 Å². The Bertz CT molecular complexity index is 738. The van der Waals surface area contributed by atoms with E-state index in [4.69, 9.17) is 19.3 Å². The van der Waals surface area contributed by atoms with Crippen LogP contribution in [0, 0.1) is 0 Å². The van der Waals surface area contributed by atoms with Gasteiger partial charge in [0.15, 0.2) is 6.10 Å². The predicted molar refractivity (Wildman–Crippen MR) is 105 cm³/mol. The summed E-state index contributed by atoms with van der Waals surface area (Å²) >= 11 is 4.40. The highest BCUT2D eigenvalue weighted by Crippen LogP contribution is 2.25. The fourth-order valence-electron chi connectivity index (χ4n) is 3.23. The molecule has 0 radical (unpaired) electrons. The van der Waals surface area contributed by atoms with Crippen LogP contribution in [0.5, 0.6) is 5.75 Å². The van der Waals surface area contributed by atoms with Gasteiger partial charge in [0, 0.05) is 18.3 Å². The standard InChI is InChI=1S/C19H25NO9S/c21-13-14(22)16(17(24)25)29-18(15(13)23)28-11-3-1-10(2-4-11)9-27-19(26)20-7-5-12(30)6-8-20/h1-4,12-16,18,21-23,30H,5-9H2,(H,24,25)/t13-,14-,15+,16-,18+/m0/s1. The zero-order chi connectivity index (χ0) is 21.8. The summed E-state index contributed by atoms with van der Waals surface area (Å²) in [5.74, 6) is -1.25. The Hall–Kier alpha value is -2.05. The van der Waals surface area contributed by atoms with E-state index in [1.807, 2.05) is 0 Å². The lowest BCUT2D eigenvalue weighted by molar-refractivity contribution is -0.271. The Kier molecular flexibility index (Phi) is 7.42. The first-order valence-corrected chi connectivity index (χ1v) is 10.1. The molecular weight excluding hydrogens is 418 g/mol. The average Bonchev–Trinajstić information content (AvgIpc) is 2.73. The fraction of sp³-hybridized carbons (Fsp3) is 0.579. The molecule has 166 valence electrons. The van der Waals surface area contributed by atoms with Gasteiger partial charge < -0.3 is 39.5 Å². The van der Waals surface area contributed by atoms with Gasteiger partial charge in [-0.2, -0.15) is 12.6 Å². The van der Waals surface area contributed by atoms with Crippen molar-refractivity contribution in [3.05, 3.63) is 29.8 Å². The van der Waals surface area contributed by atoms with Crippen LogP contribution >= 0.6 is 12.6 Å². The third kappa shape index (κ3) is 5.35. The molecule has 30 heavy (non-hydrogen) atoms. The maximum atomic E-state index is 12.1. The first kappa shape index (κ1) is 22.6. The number of piperidine rings is 1. The van der Waals surface area contributed by atoms with Gasteiger partial charge in [0.2, 0.25) is 6.29 Å². The molecule has 5 atom stereocenters. The van der Waals surface area contributed by atoms with Crippen molar-refractivity contribution in [3.8, 4) is 5.75 Å². The van der Waals surface area contributed by atoms with E-state index in [1.165, 1.54) is 12.1 Å². The number of benzene rings is 1. The zero-order valence-electron chi connectivity index (χ0n) is 16.0. The van der Waals surface area contributed by atoms with E-state index < -0.39 is 36.7 Å². The molecule has 10 nitrogen and oxygen atoms in total. The molecular formula is C19H25NO9S. The van der Waals surface area contributed by atoms with Crippen molar-refractivity contribution in [3.63, 3.8) is 0 Å². The number of aliphatic carboxylic acids is 1. The van der Waals surface area contributed by atoms with E-state index in [1.54, 1.807) is 17.0 Å². The number of carboxylic acids is 1. The zero-order valence-corrected chi connectivity index (χ0v) is 16.9. The fourth-order valence-corrected chi connectivity index (χ4v) is 3.46. The molecule has 0 spiro atoms. The van der Waals surface area contributed by atoms with Crippen molar-refractivity contribution < 1.29 is 44.2 Å². The molecule has 1 aromatic rings. The quantitative estimate of drug-likeness (QED) is 0.397. The average molecular weight is 443 g/mol. The number of carbonyl (C=O) groups excluding carboxylic acids is 1. The van der Waals surface area contributed by atoms with Crippen LogP contribution in [0.3, 0.4) is 0 Å². The van der Waals surface area contributed by atoms with Crippen molar-refractivity contribution >= 4 is 24.7 Å². The lowest BCUT2D eigenvalue weighted by Crippen LogP contribution is -2.61. The topological polar surface area (TPSA) is 146 Å². The van der Waals surface area contributed by atoms with Crippen molar-refractivity contribution in [2.24, 2.45) is 0 Å². The summed E-state index contributed by atoms with van der Waals surface area (Å²) in [5, 5.41) is 38.9. The third-order valence-corrected chi connectivity index (χ3v) is 5.59. The smallest absolute Gasteiger partial charge is 0.410 e. The Morgan fingerprint density at radius 2 is 1.70 bits per heavy atom. The predicted octanol–water partition coefficient (Wildman–Crippen LogP) is -0.0116. The summed E-state index contributed by atoms with van der Waals surface area (Å²) < 4.78 is 15.8. The van der Waals surface area contributed by atoms with Gasteiger partial charge in [0.1, 0.15) is 30.7 Å². The molecule has 2 saturated heterocycles. The number of hydrogen-bond acceptors (Lipinski definition) is 9. The number of nitrogens with zero attached hydrogens (tertiary/aromatic N) is 1. The first-order valence-electron chi connectivity index (χ1n) is 9.54. The molecule has 4 N–H and O–H groups in total. The van der Waals surface area contributed by atoms with Crippen LogP contribution in [-0.2, 0) is 20.9 Å². The summed E-state index contributed by atoms with van der Waals surface area (Å²) in [6.45, 7) is 1.29. The van der Waals surface area contributed by atoms with Crippen LogP contribution in [0.4, 0.5) is 4.79 Å². The normalized spacial score (nSPS) is 30.0. The molecule has 2 fully saturated rings. The minimum Gasteiger partial charge on any atom is -0.479 e. The van der Waals surface area contributed by atoms with E-state index in [0.717, 1.165) is 12.8 Å². The van der Waals surface area contributed by atoms with E-state index >= 15 is 0 Å². The van der Waals surface area contributed by atoms with Gasteiger partial charge in [-0.15, -0.1) is 0 Å². The van der Waals surface area contributed by atoms with Gasteiger partial charge in [-0.3, -0.25) is 0 Å². The van der Waals surface area contributed by atoms with Gasteiger partial charge in [-0.1, -0.05) is 12.1 Å². The van der Waals surface area contributed by atoms with Gasteiger partial charge in [-0.25, -0.2) is 9.59 Å². The van der Waals surface area contributed by atoms with E-state index in [2.05, 4.69) is 12.6 Å². The monoisotopic (exact) mass is 443 g/mol. The van der Waals surface area contributed by atoms with Crippen LogP contribution in [0.1, 0.15) is 18.4 Å². The van der Waals surface area contributed by atoms with Crippen molar-refractivity contribution in [2.75, 3.05) is 13.1 Å². The lowest BCUT2D eigenvalue weighted by atomic mass is 9.99. The summed E-state index contributed by atoms with van der Waals surface area (Å²) in [4.78, 5) is 24.9. The molecule has 3 rings (SSSR count). The van der Waals surface area contributed by atoms with Crippen LogP contribution in [0.15, 0.2) is 24.3 Å². The third-order valence-electron chi connectivity index (χ3n) is 5.07. The highest BCUT2D eigenvalue weighted by Gasteiger charge is 2.48. The van der Waals surface area contributed by atoms with Gasteiger partial charge in [0.05, 0.1) is 0 Å². The molecule has 2 aliphatic rings. The number of carboxylic acid groups (broad SMARTS) is 1. The molecule has 0 aromatic heterocycles. The minimum absolute atomic E-state index is 0.0640. The van der Waals surface area contributed by atoms with Crippen LogP contribution in [0.25, 0.3) is 0 Å². The number of rotatable bonds is 5. The maximum absolute atomic E-state index is 12.1. The van der Waals surface area contributed by atoms with E-state index in [-0.39, 0.29) is 18.4 Å². The molecule has 0 bridgehead atoms. The molecule has 2 aliphatic heterocycles. The number of ether oxygens (including phenoxy) is 3. The maximum Gasteiger partial charge on any atom is 0.410 e. The second-order valence-corrected chi connectivity index (χ2v) is 8.00. The summed E-state index contributed by atoms with van der Waals surface area (Å²) in [6, 6.07) is 6.33. The van der Waals surface area contributed by atoms with E-state index in [0.29, 0.717) is 23.9 Å². The largest absolute Gasteiger partial charge is 0.479 e. The SMILES string of the molecule is O=C(O)[C@H]1O[C@@H](Oc2ccc(COC(=O)N3CCC(S)CC3)cc2)[C@H](O)[C@@H](O)[C@@H]1O. The van der Waals surface area contributed by atoms with Gasteiger partial charge >= 0.3 is 12.1 Å². The second kappa shape index (κ2) is 9.84. The number of likely N-dealkylation sites (tertiary alicyclic amines) is 1. The number of aliphatic hydroxyl groups excluding tert-OH is 3. The molecule has 1 amide bonds. The molecule has 0 unspecified atom stereocenters. The summed E-state index contributed by atoms with van der Waals surface area (Å²) in [7, 11) is 0. The summed E-state index contributed by atoms with van der Waals surface area (Å²) in [5.41, 5.74) is 0.698. The summed E-state index contributed by atoms with van der Waals surface area (Å²) in [6.07, 6.45) is -7.12. The molecule has 1 aromatic carbocycles.